The summed E-state index contributed by atoms with van der Waals surface area (Å²) in [5.41, 5.74) is 1.91. The average Bonchev–Trinajstić information content (AvgIpc) is 3.37. The Labute approximate surface area is 255 Å². The highest BCUT2D eigenvalue weighted by Crippen LogP contribution is 2.24. The van der Waals surface area contributed by atoms with Crippen LogP contribution in [0.25, 0.3) is 10.8 Å². The van der Waals surface area contributed by atoms with Crippen LogP contribution in [0.15, 0.2) is 66.7 Å². The van der Waals surface area contributed by atoms with E-state index in [1.54, 1.807) is 0 Å². The molecule has 2 saturated heterocycles. The summed E-state index contributed by atoms with van der Waals surface area (Å²) in [6.07, 6.45) is 7.65. The molecular formula is C35H45ClN4O2. The summed E-state index contributed by atoms with van der Waals surface area (Å²) in [6, 6.07) is 21.7. The normalized spacial score (nSPS) is 21.1. The van der Waals surface area contributed by atoms with E-state index in [1.165, 1.54) is 31.2 Å². The zero-order valence-corrected chi connectivity index (χ0v) is 25.6. The minimum Gasteiger partial charge on any atom is -0.350 e. The molecule has 2 heterocycles. The first kappa shape index (κ1) is 30.5. The summed E-state index contributed by atoms with van der Waals surface area (Å²) in [4.78, 5) is 31.7. The number of nitrogens with zero attached hydrogens (tertiary/aromatic N) is 2. The predicted molar refractivity (Wildman–Crippen MR) is 172 cm³/mol. The number of fused-ring (bicyclic) bond motifs is 1. The molecule has 7 heteroatoms. The van der Waals surface area contributed by atoms with Crippen molar-refractivity contribution in [3.05, 3.63) is 82.9 Å². The van der Waals surface area contributed by atoms with Crippen molar-refractivity contribution in [1.82, 2.24) is 20.4 Å². The van der Waals surface area contributed by atoms with Crippen LogP contribution in [0, 0.1) is 0 Å². The van der Waals surface area contributed by atoms with Gasteiger partial charge in [-0.05, 0) is 85.8 Å². The molecule has 3 atom stereocenters. The number of nitrogens with one attached hydrogen (secondary N) is 2. The Morgan fingerprint density at radius 2 is 1.71 bits per heavy atom. The summed E-state index contributed by atoms with van der Waals surface area (Å²) in [7, 11) is 0. The molecule has 3 aromatic rings. The second kappa shape index (κ2) is 15.0. The van der Waals surface area contributed by atoms with E-state index < -0.39 is 0 Å². The van der Waals surface area contributed by atoms with Gasteiger partial charge in [-0.15, -0.1) is 0 Å². The molecule has 0 bridgehead atoms. The Bertz CT molecular complexity index is 1330. The van der Waals surface area contributed by atoms with Gasteiger partial charge in [0, 0.05) is 48.7 Å². The molecule has 0 unspecified atom stereocenters. The number of likely N-dealkylation sites (tertiary alicyclic amines) is 1. The van der Waals surface area contributed by atoms with Crippen LogP contribution < -0.4 is 10.6 Å². The topological polar surface area (TPSA) is 64.7 Å². The molecule has 224 valence electrons. The van der Waals surface area contributed by atoms with Gasteiger partial charge >= 0.3 is 0 Å². The number of hydrogen-bond donors (Lipinski definition) is 2. The highest BCUT2D eigenvalue weighted by Gasteiger charge is 2.32. The van der Waals surface area contributed by atoms with Crippen LogP contribution in [0.4, 0.5) is 0 Å². The Hall–Kier alpha value is -2.93. The van der Waals surface area contributed by atoms with Gasteiger partial charge < -0.3 is 20.4 Å². The highest BCUT2D eigenvalue weighted by molar-refractivity contribution is 6.31. The molecule has 0 radical (unpaired) electrons. The van der Waals surface area contributed by atoms with Gasteiger partial charge in [-0.25, -0.2) is 0 Å². The van der Waals surface area contributed by atoms with E-state index in [0.29, 0.717) is 29.6 Å². The quantitative estimate of drug-likeness (QED) is 0.294. The van der Waals surface area contributed by atoms with Gasteiger partial charge in [0.1, 0.15) is 0 Å². The van der Waals surface area contributed by atoms with Crippen molar-refractivity contribution in [1.29, 1.82) is 0 Å². The first-order valence-electron chi connectivity index (χ1n) is 15.8. The van der Waals surface area contributed by atoms with Crippen molar-refractivity contribution in [3.8, 4) is 0 Å². The molecule has 3 aromatic carbocycles. The van der Waals surface area contributed by atoms with Gasteiger partial charge in [0.2, 0.25) is 5.91 Å². The lowest BCUT2D eigenvalue weighted by molar-refractivity contribution is -0.133. The van der Waals surface area contributed by atoms with E-state index in [1.807, 2.05) is 42.5 Å². The first-order valence-corrected chi connectivity index (χ1v) is 16.2. The molecule has 2 N–H and O–H groups in total. The third kappa shape index (κ3) is 8.12. The van der Waals surface area contributed by atoms with Gasteiger partial charge in [0.25, 0.3) is 5.91 Å². The molecule has 0 saturated carbocycles. The van der Waals surface area contributed by atoms with Crippen LogP contribution in [-0.2, 0) is 4.79 Å². The van der Waals surface area contributed by atoms with Gasteiger partial charge in [-0.2, -0.15) is 0 Å². The maximum absolute atomic E-state index is 14.0. The third-order valence-electron chi connectivity index (χ3n) is 9.00. The fourth-order valence-electron chi connectivity index (χ4n) is 6.44. The zero-order valence-electron chi connectivity index (χ0n) is 24.9. The molecule has 2 fully saturated rings. The Morgan fingerprint density at radius 3 is 2.48 bits per heavy atom. The zero-order chi connectivity index (χ0) is 29.3. The minimum atomic E-state index is -0.253. The van der Waals surface area contributed by atoms with E-state index in [4.69, 9.17) is 11.6 Å². The van der Waals surface area contributed by atoms with E-state index in [-0.39, 0.29) is 23.9 Å². The van der Waals surface area contributed by atoms with Crippen molar-refractivity contribution in [2.75, 3.05) is 39.3 Å². The van der Waals surface area contributed by atoms with Crippen LogP contribution in [0.5, 0.6) is 0 Å². The number of carbonyl (C=O) groups is 2. The largest absolute Gasteiger partial charge is 0.350 e. The summed E-state index contributed by atoms with van der Waals surface area (Å²) < 4.78 is 0. The van der Waals surface area contributed by atoms with E-state index in [0.717, 1.165) is 56.2 Å². The van der Waals surface area contributed by atoms with Gasteiger partial charge in [0.15, 0.2) is 0 Å². The number of carbonyl (C=O) groups excluding carboxylic acids is 2. The molecular weight excluding hydrogens is 544 g/mol. The second-order valence-electron chi connectivity index (χ2n) is 12.0. The molecule has 0 spiro atoms. The Morgan fingerprint density at radius 1 is 0.976 bits per heavy atom. The fraction of sp³-hybridized carbons (Fsp3) is 0.486. The number of amides is 2. The summed E-state index contributed by atoms with van der Waals surface area (Å²) in [5, 5.41) is 9.50. The molecule has 0 aliphatic carbocycles. The predicted octanol–water partition coefficient (Wildman–Crippen LogP) is 6.24. The van der Waals surface area contributed by atoms with Crippen molar-refractivity contribution in [3.63, 3.8) is 0 Å². The minimum absolute atomic E-state index is 0.0214. The Balaban J connectivity index is 1.26. The lowest BCUT2D eigenvalue weighted by Gasteiger charge is -2.29. The maximum atomic E-state index is 14.0. The van der Waals surface area contributed by atoms with Crippen molar-refractivity contribution >= 4 is 34.2 Å². The van der Waals surface area contributed by atoms with Gasteiger partial charge in [0.05, 0.1) is 6.04 Å². The molecule has 2 aliphatic rings. The van der Waals surface area contributed by atoms with Crippen LogP contribution in [0.1, 0.15) is 73.7 Å². The molecule has 6 nitrogen and oxygen atoms in total. The van der Waals surface area contributed by atoms with Crippen molar-refractivity contribution in [2.45, 2.75) is 69.9 Å². The molecule has 5 rings (SSSR count). The van der Waals surface area contributed by atoms with Crippen LogP contribution >= 0.6 is 11.6 Å². The summed E-state index contributed by atoms with van der Waals surface area (Å²) >= 11 is 6.13. The van der Waals surface area contributed by atoms with Crippen LogP contribution in [0.2, 0.25) is 5.02 Å². The standard InChI is InChI=1S/C35H45ClN4O2/c1-2-26(27-10-6-5-7-11-27)25-40-21-16-32(38-33(35(40)42)17-20-39-18-8-3-4-9-19-39)24-37-34(41)30-13-12-29-23-31(36)15-14-28(29)22-30/h5-7,10-15,22-23,26,32-33,38H,2-4,8-9,16-21,24-25H2,1H3,(H,37,41)/t26-,32+,33+/m1/s1. The third-order valence-corrected chi connectivity index (χ3v) is 9.24. The number of halogens is 1. The summed E-state index contributed by atoms with van der Waals surface area (Å²) in [6.45, 7) is 7.26. The van der Waals surface area contributed by atoms with Gasteiger partial charge in [-0.3, -0.25) is 9.59 Å². The van der Waals surface area contributed by atoms with Crippen LogP contribution in [-0.4, -0.2) is 73.0 Å². The molecule has 42 heavy (non-hydrogen) atoms. The van der Waals surface area contributed by atoms with E-state index in [2.05, 4.69) is 51.6 Å². The summed E-state index contributed by atoms with van der Waals surface area (Å²) in [5.74, 6) is 0.402. The number of benzene rings is 3. The molecule has 2 aliphatic heterocycles. The van der Waals surface area contributed by atoms with Gasteiger partial charge in [-0.1, -0.05) is 73.8 Å². The number of hydrogen-bond acceptors (Lipinski definition) is 4. The van der Waals surface area contributed by atoms with E-state index >= 15 is 0 Å². The van der Waals surface area contributed by atoms with Crippen molar-refractivity contribution < 1.29 is 9.59 Å². The fourth-order valence-corrected chi connectivity index (χ4v) is 6.62. The monoisotopic (exact) mass is 588 g/mol. The second-order valence-corrected chi connectivity index (χ2v) is 12.4. The lowest BCUT2D eigenvalue weighted by atomic mass is 9.95. The first-order chi connectivity index (χ1) is 20.5. The molecule has 2 amide bonds. The maximum Gasteiger partial charge on any atom is 0.251 e. The average molecular weight is 589 g/mol. The van der Waals surface area contributed by atoms with Crippen molar-refractivity contribution in [2.24, 2.45) is 0 Å². The lowest BCUT2D eigenvalue weighted by Crippen LogP contribution is -2.50. The van der Waals surface area contributed by atoms with Crippen LogP contribution in [0.3, 0.4) is 0 Å². The highest BCUT2D eigenvalue weighted by atomic mass is 35.5. The van der Waals surface area contributed by atoms with E-state index in [9.17, 15) is 9.59 Å². The SMILES string of the molecule is CC[C@H](CN1CC[C@@H](CNC(=O)c2ccc3cc(Cl)ccc3c2)N[C@@H](CCN2CCCCCC2)C1=O)c1ccccc1. The number of rotatable bonds is 10. The molecule has 0 aromatic heterocycles. The smallest absolute Gasteiger partial charge is 0.251 e. The Kier molecular flexibility index (Phi) is 10.9.